The summed E-state index contributed by atoms with van der Waals surface area (Å²) in [6, 6.07) is 26.5. The molecule has 0 spiro atoms. The number of nitro groups is 2. The maximum absolute atomic E-state index is 11.6. The van der Waals surface area contributed by atoms with Crippen LogP contribution in [0.3, 0.4) is 0 Å². The van der Waals surface area contributed by atoms with Crippen LogP contribution in [0, 0.1) is 20.2 Å². The van der Waals surface area contributed by atoms with E-state index in [9.17, 15) is 28.4 Å². The Morgan fingerprint density at radius 3 is 1.21 bits per heavy atom. The third-order valence-electron chi connectivity index (χ3n) is 5.71. The van der Waals surface area contributed by atoms with E-state index in [1.807, 2.05) is 30.3 Å². The van der Waals surface area contributed by atoms with Crippen LogP contribution in [-0.2, 0) is 28.5 Å². The summed E-state index contributed by atoms with van der Waals surface area (Å²) in [5, 5.41) is 24.9. The maximum Gasteiger partial charge on any atom is 0.407 e. The van der Waals surface area contributed by atoms with E-state index in [1.54, 1.807) is 81.4 Å². The van der Waals surface area contributed by atoms with Crippen LogP contribution in [0.25, 0.3) is 0 Å². The molecule has 3 aromatic carbocycles. The van der Waals surface area contributed by atoms with Crippen LogP contribution in [0.2, 0.25) is 0 Å². The number of amides is 3. The highest BCUT2D eigenvalue weighted by atomic mass is 35.5. The van der Waals surface area contributed by atoms with Gasteiger partial charge in [0.25, 0.3) is 17.1 Å². The van der Waals surface area contributed by atoms with Crippen molar-refractivity contribution < 1.29 is 66.6 Å². The zero-order valence-corrected chi connectivity index (χ0v) is 37.8. The van der Waals surface area contributed by atoms with Gasteiger partial charge >= 0.3 is 6.09 Å². The molecule has 0 aliphatic carbocycles. The molecule has 62 heavy (non-hydrogen) atoms. The summed E-state index contributed by atoms with van der Waals surface area (Å²) in [5.41, 5.74) is 1.25. The summed E-state index contributed by atoms with van der Waals surface area (Å²) in [6.45, 7) is 6.07. The molecule has 0 unspecified atom stereocenters. The number of nitrogens with one attached hydrogen (secondary N) is 3. The van der Waals surface area contributed by atoms with Crippen molar-refractivity contribution >= 4 is 53.4 Å². The molecule has 3 rings (SSSR count). The average Bonchev–Trinajstić information content (AvgIpc) is 3.22. The number of methoxy groups -OCH3 is 4. The standard InChI is InChI=1S/C11H15NO3.C9H19NO4.C9H9NO2.C7H5ClO.CH3F.2CH3NO2.ClH.FH/c1-14-10(15-2)8-12-11(13)9-6-4-3-5-7-9;1-9(2,3)14-8(11)10-6-7(12-4)13-5;11-7-6-10-9(12)8-4-2-1-3-5-8;8-7(9)6-4-2-1-3-5-6;1-2;2*1-2(3)4;;/h3-7,10H,8H2,1-2H3,(H,12,13);7H,6H2,1-5H3,(H,10,11);1-5,7H,6H2,(H,10,12);1-5H;1H3;2*1H3;2*1H/i;;;;2-1;;;;1-1. The average molecular weight is 929 g/mol. The van der Waals surface area contributed by atoms with Crippen LogP contribution < -0.4 is 16.0 Å². The van der Waals surface area contributed by atoms with Crippen molar-refractivity contribution in [1.29, 1.82) is 0 Å². The van der Waals surface area contributed by atoms with Crippen LogP contribution in [0.15, 0.2) is 91.0 Å². The Bertz CT molecular complexity index is 1570. The molecule has 0 saturated carbocycles. The Morgan fingerprint density at radius 1 is 0.661 bits per heavy atom. The topological polar surface area (TPSA) is 254 Å². The minimum Gasteiger partial charge on any atom is -0.444 e. The number of benzene rings is 3. The van der Waals surface area contributed by atoms with E-state index in [1.165, 1.54) is 28.4 Å². The molecule has 23 heteroatoms. The lowest BCUT2D eigenvalue weighted by Gasteiger charge is -2.21. The number of carbonyl (C=O) groups is 5. The van der Waals surface area contributed by atoms with E-state index in [0.29, 0.717) is 36.7 Å². The van der Waals surface area contributed by atoms with E-state index in [4.69, 9.17) is 55.5 Å². The molecular weight excluding hydrogens is 869 g/mol. The molecule has 3 N–H and O–H groups in total. The predicted molar refractivity (Wildman–Crippen MR) is 233 cm³/mol. The molecule has 0 aromatic heterocycles. The van der Waals surface area contributed by atoms with Gasteiger partial charge in [-0.15, -0.1) is 12.4 Å². The highest BCUT2D eigenvalue weighted by Gasteiger charge is 2.17. The Morgan fingerprint density at radius 2 is 0.952 bits per heavy atom. The monoisotopic (exact) mass is 927 g/mol. The first-order valence-corrected chi connectivity index (χ1v) is 17.6. The minimum absolute atomic E-state index is 0. The van der Waals surface area contributed by atoms with E-state index < -0.39 is 39.4 Å². The number of alkyl carbamates (subject to hydrolysis) is 1. The highest BCUT2D eigenvalue weighted by Crippen LogP contribution is 2.06. The van der Waals surface area contributed by atoms with E-state index in [0.717, 1.165) is 14.1 Å². The van der Waals surface area contributed by atoms with E-state index in [2.05, 4.69) is 16.0 Å². The largest absolute Gasteiger partial charge is 0.444 e. The Labute approximate surface area is 371 Å². The Hall–Kier alpha value is -5.71. The van der Waals surface area contributed by atoms with Crippen molar-refractivity contribution in [3.8, 4) is 0 Å². The lowest BCUT2D eigenvalue weighted by molar-refractivity contribution is -0.445. The van der Waals surface area contributed by atoms with Crippen LogP contribution >= 0.6 is 24.0 Å². The molecule has 19 nitrogen and oxygen atoms in total. The second kappa shape index (κ2) is 44.8. The number of rotatable bonds is 13. The quantitative estimate of drug-likeness (QED) is 0.0603. The number of nitrogens with zero attached hydrogens (tertiary/aromatic N) is 2. The molecule has 0 fully saturated rings. The first kappa shape index (κ1) is 68.0. The van der Waals surface area contributed by atoms with Crippen LogP contribution in [0.4, 0.5) is 13.9 Å². The van der Waals surface area contributed by atoms with Gasteiger partial charge in [-0.3, -0.25) is 43.7 Å². The predicted octanol–water partition coefficient (Wildman–Crippen LogP) is 5.79. The fourth-order valence-corrected chi connectivity index (χ4v) is 3.40. The number of hydrogen-bond donors (Lipinski definition) is 3. The van der Waals surface area contributed by atoms with Gasteiger partial charge in [0, 0.05) is 55.0 Å². The van der Waals surface area contributed by atoms with Gasteiger partial charge in [0.2, 0.25) is 0 Å². The van der Waals surface area contributed by atoms with Gasteiger partial charge in [0.1, 0.15) is 11.9 Å². The summed E-state index contributed by atoms with van der Waals surface area (Å²) >= 11 is 5.16. The lowest BCUT2D eigenvalue weighted by atomic mass is 10.2. The van der Waals surface area contributed by atoms with Crippen molar-refractivity contribution in [2.24, 2.45) is 0 Å². The SMILES string of the molecule is COC(CNC(=O)OC(C)(C)C)OC.COC(CNC(=O)c1ccccc1)OC.C[18F].C[N+](=O)[O-].C[N+](=O)[O-].Cl.O=C(Cl)c1ccccc1.O=CCNC(=O)c1ccccc1.[18FH]. The molecular formula is C39H59Cl2F2N5O14. The first-order chi connectivity index (χ1) is 28.3. The van der Waals surface area contributed by atoms with Crippen molar-refractivity contribution in [2.45, 2.75) is 39.0 Å². The molecule has 352 valence electrons. The maximum atomic E-state index is 11.6. The summed E-state index contributed by atoms with van der Waals surface area (Å²) in [5.74, 6) is -0.350. The third kappa shape index (κ3) is 47.0. The molecule has 0 saturated heterocycles. The summed E-state index contributed by atoms with van der Waals surface area (Å²) in [6.07, 6.45) is -0.669. The molecule has 0 aliphatic heterocycles. The molecule has 3 amide bonds. The number of halogens is 4. The van der Waals surface area contributed by atoms with Crippen LogP contribution in [0.1, 0.15) is 51.8 Å². The van der Waals surface area contributed by atoms with Crippen molar-refractivity contribution in [3.63, 3.8) is 0 Å². The van der Waals surface area contributed by atoms with Crippen LogP contribution in [0.5, 0.6) is 0 Å². The third-order valence-corrected chi connectivity index (χ3v) is 5.93. The van der Waals surface area contributed by atoms with Gasteiger partial charge in [-0.25, -0.2) is 4.79 Å². The Balaban J connectivity index is -0.000000157. The number of carbonyl (C=O) groups excluding carboxylic acids is 5. The van der Waals surface area contributed by atoms with Crippen molar-refractivity contribution in [3.05, 3.63) is 128 Å². The van der Waals surface area contributed by atoms with Gasteiger partial charge in [0.15, 0.2) is 26.7 Å². The van der Waals surface area contributed by atoms with Crippen molar-refractivity contribution in [1.82, 2.24) is 16.0 Å². The molecule has 0 bridgehead atoms. The zero-order valence-electron chi connectivity index (χ0n) is 36.2. The van der Waals surface area contributed by atoms with Gasteiger partial charge in [-0.1, -0.05) is 66.7 Å². The summed E-state index contributed by atoms with van der Waals surface area (Å²) in [4.78, 5) is 70.8. The minimum atomic E-state index is -0.500. The van der Waals surface area contributed by atoms with Gasteiger partial charge in [-0.05, 0) is 56.6 Å². The highest BCUT2D eigenvalue weighted by molar-refractivity contribution is 6.67. The van der Waals surface area contributed by atoms with Gasteiger partial charge in [0.05, 0.1) is 26.8 Å². The lowest BCUT2D eigenvalue weighted by Crippen LogP contribution is -2.38. The van der Waals surface area contributed by atoms with E-state index >= 15 is 0 Å². The second-order valence-corrected chi connectivity index (χ2v) is 11.9. The normalized spacial score (nSPS) is 9.06. The van der Waals surface area contributed by atoms with Crippen LogP contribution in [-0.4, -0.2) is 127 Å². The van der Waals surface area contributed by atoms with Gasteiger partial charge < -0.3 is 44.4 Å². The number of aldehydes is 1. The smallest absolute Gasteiger partial charge is 0.407 e. The first-order valence-electron chi connectivity index (χ1n) is 17.2. The number of alkyl halides is 1. The summed E-state index contributed by atoms with van der Waals surface area (Å²) in [7, 11) is 8.35. The molecule has 0 radical (unpaired) electrons. The summed E-state index contributed by atoms with van der Waals surface area (Å²) < 4.78 is 34.2. The molecule has 0 heterocycles. The molecule has 0 atom stereocenters. The molecule has 3 aromatic rings. The van der Waals surface area contributed by atoms with Gasteiger partial charge in [-0.2, -0.15) is 0 Å². The fraction of sp³-hybridized carbons (Fsp3) is 0.410. The number of ether oxygens (including phenoxy) is 5. The number of hydrogen-bond acceptors (Lipinski definition) is 14. The second-order valence-electron chi connectivity index (χ2n) is 11.5. The Kier molecular flexibility index (Phi) is 49.2. The van der Waals surface area contributed by atoms with E-state index in [-0.39, 0.29) is 42.0 Å². The zero-order chi connectivity index (χ0) is 46.9. The fourth-order valence-electron chi connectivity index (χ4n) is 3.27. The molecule has 0 aliphatic rings. The van der Waals surface area contributed by atoms with Crippen molar-refractivity contribution in [2.75, 3.05) is 69.3 Å².